The molecule has 2 rings (SSSR count). The average molecular weight is 351 g/mol. The van der Waals surface area contributed by atoms with E-state index in [-0.39, 0.29) is 5.91 Å². The van der Waals surface area contributed by atoms with E-state index in [1.54, 1.807) is 6.08 Å². The predicted molar refractivity (Wildman–Crippen MR) is 113 cm³/mol. The molecule has 0 heterocycles. The lowest BCUT2D eigenvalue weighted by atomic mass is 10.0. The van der Waals surface area contributed by atoms with Crippen LogP contribution in [0.5, 0.6) is 0 Å². The highest BCUT2D eigenvalue weighted by Crippen LogP contribution is 2.23. The van der Waals surface area contributed by atoms with E-state index in [1.165, 1.54) is 11.3 Å². The monoisotopic (exact) mass is 350 g/mol. The van der Waals surface area contributed by atoms with Gasteiger partial charge in [0.05, 0.1) is 0 Å². The molecule has 0 fully saturated rings. The van der Waals surface area contributed by atoms with E-state index in [9.17, 15) is 4.79 Å². The largest absolute Gasteiger partial charge is 0.372 e. The van der Waals surface area contributed by atoms with Crippen LogP contribution in [-0.4, -0.2) is 19.0 Å². The number of nitrogens with one attached hydrogen (secondary N) is 1. The third kappa shape index (κ3) is 5.22. The molecule has 2 aromatic rings. The number of aryl methyl sites for hydroxylation is 1. The van der Waals surface area contributed by atoms with Gasteiger partial charge in [0.25, 0.3) is 0 Å². The molecule has 0 bridgehead atoms. The van der Waals surface area contributed by atoms with Crippen molar-refractivity contribution in [1.82, 2.24) is 0 Å². The maximum atomic E-state index is 12.2. The maximum Gasteiger partial charge on any atom is 0.248 e. The number of benzene rings is 2. The molecule has 26 heavy (non-hydrogen) atoms. The second-order valence-corrected chi connectivity index (χ2v) is 6.82. The Kier molecular flexibility index (Phi) is 7.02. The molecular weight excluding hydrogens is 320 g/mol. The lowest BCUT2D eigenvalue weighted by Crippen LogP contribution is -2.22. The summed E-state index contributed by atoms with van der Waals surface area (Å²) in [4.78, 5) is 14.5. The van der Waals surface area contributed by atoms with Crippen molar-refractivity contribution < 1.29 is 4.79 Å². The van der Waals surface area contributed by atoms with Gasteiger partial charge in [-0.3, -0.25) is 4.79 Å². The first-order chi connectivity index (χ1) is 12.4. The zero-order valence-corrected chi connectivity index (χ0v) is 16.5. The average Bonchev–Trinajstić information content (AvgIpc) is 2.63. The molecule has 0 atom stereocenters. The number of nitrogens with zero attached hydrogens (tertiary/aromatic N) is 1. The van der Waals surface area contributed by atoms with Gasteiger partial charge in [0.15, 0.2) is 0 Å². The number of carbonyl (C=O) groups is 1. The van der Waals surface area contributed by atoms with Crippen LogP contribution in [0.4, 0.5) is 11.4 Å². The summed E-state index contributed by atoms with van der Waals surface area (Å²) in [7, 11) is 0. The molecule has 0 aliphatic heterocycles. The van der Waals surface area contributed by atoms with Crippen LogP contribution in [0.15, 0.2) is 48.5 Å². The fraction of sp³-hybridized carbons (Fsp3) is 0.348. The highest BCUT2D eigenvalue weighted by Gasteiger charge is 2.06. The lowest BCUT2D eigenvalue weighted by Gasteiger charge is -2.22. The van der Waals surface area contributed by atoms with Gasteiger partial charge in [-0.05, 0) is 67.7 Å². The number of anilines is 2. The van der Waals surface area contributed by atoms with E-state index in [1.807, 2.05) is 31.2 Å². The minimum atomic E-state index is -0.114. The van der Waals surface area contributed by atoms with Crippen LogP contribution in [0.1, 0.15) is 50.3 Å². The van der Waals surface area contributed by atoms with Crippen molar-refractivity contribution in [2.75, 3.05) is 23.3 Å². The molecule has 1 N–H and O–H groups in total. The zero-order chi connectivity index (χ0) is 19.1. The third-order valence-electron chi connectivity index (χ3n) is 4.63. The van der Waals surface area contributed by atoms with Crippen molar-refractivity contribution in [3.8, 4) is 0 Å². The Morgan fingerprint density at radius 3 is 2.27 bits per heavy atom. The molecule has 0 unspecified atom stereocenters. The Morgan fingerprint density at radius 1 is 1.08 bits per heavy atom. The van der Waals surface area contributed by atoms with Crippen molar-refractivity contribution >= 4 is 23.4 Å². The summed E-state index contributed by atoms with van der Waals surface area (Å²) in [6, 6.07) is 14.5. The summed E-state index contributed by atoms with van der Waals surface area (Å²) in [6.07, 6.45) is 3.43. The van der Waals surface area contributed by atoms with E-state index >= 15 is 0 Å². The Bertz CT molecular complexity index is 756. The van der Waals surface area contributed by atoms with Gasteiger partial charge in [0.1, 0.15) is 0 Å². The van der Waals surface area contributed by atoms with Gasteiger partial charge in [-0.15, -0.1) is 0 Å². The minimum absolute atomic E-state index is 0.114. The van der Waals surface area contributed by atoms with Crippen LogP contribution in [0.25, 0.3) is 6.08 Å². The van der Waals surface area contributed by atoms with Crippen LogP contribution in [-0.2, 0) is 4.79 Å². The summed E-state index contributed by atoms with van der Waals surface area (Å²) in [5, 5.41) is 2.97. The van der Waals surface area contributed by atoms with Crippen LogP contribution in [0.3, 0.4) is 0 Å². The smallest absolute Gasteiger partial charge is 0.248 e. The summed E-state index contributed by atoms with van der Waals surface area (Å²) in [5.74, 6) is 0.398. The molecule has 0 aliphatic rings. The van der Waals surface area contributed by atoms with E-state index in [4.69, 9.17) is 0 Å². The summed E-state index contributed by atoms with van der Waals surface area (Å²) < 4.78 is 0. The standard InChI is InChI=1S/C23H30N2O/c1-6-25(7-2)21-13-14-22(18(5)16-21)24-23(26)15-10-19-8-11-20(12-9-19)17(3)4/h8-17H,6-7H2,1-5H3,(H,24,26)/b15-10+. The Hall–Kier alpha value is -2.55. The second-order valence-electron chi connectivity index (χ2n) is 6.82. The molecule has 0 aromatic heterocycles. The predicted octanol–water partition coefficient (Wildman–Crippen LogP) is 5.62. The van der Waals surface area contributed by atoms with Gasteiger partial charge in [0.2, 0.25) is 5.91 Å². The molecule has 138 valence electrons. The number of rotatable bonds is 7. The number of hydrogen-bond donors (Lipinski definition) is 1. The first kappa shape index (κ1) is 19.8. The Labute approximate surface area is 157 Å². The molecule has 1 amide bonds. The minimum Gasteiger partial charge on any atom is -0.372 e. The Balaban J connectivity index is 2.03. The van der Waals surface area contributed by atoms with Gasteiger partial charge in [-0.2, -0.15) is 0 Å². The lowest BCUT2D eigenvalue weighted by molar-refractivity contribution is -0.111. The van der Waals surface area contributed by atoms with E-state index < -0.39 is 0 Å². The number of carbonyl (C=O) groups excluding carboxylic acids is 1. The highest BCUT2D eigenvalue weighted by atomic mass is 16.1. The SMILES string of the molecule is CCN(CC)c1ccc(NC(=O)/C=C/c2ccc(C(C)C)cc2)c(C)c1. The van der Waals surface area contributed by atoms with Gasteiger partial charge in [0, 0.05) is 30.5 Å². The van der Waals surface area contributed by atoms with Crippen molar-refractivity contribution in [2.45, 2.75) is 40.5 Å². The molecule has 0 spiro atoms. The van der Waals surface area contributed by atoms with Gasteiger partial charge < -0.3 is 10.2 Å². The first-order valence-corrected chi connectivity index (χ1v) is 9.39. The summed E-state index contributed by atoms with van der Waals surface area (Å²) in [6.45, 7) is 12.6. The van der Waals surface area contributed by atoms with Crippen molar-refractivity contribution in [3.63, 3.8) is 0 Å². The van der Waals surface area contributed by atoms with Crippen LogP contribution >= 0.6 is 0 Å². The summed E-state index contributed by atoms with van der Waals surface area (Å²) in [5.41, 5.74) is 5.43. The van der Waals surface area contributed by atoms with E-state index in [0.717, 1.165) is 29.9 Å². The highest BCUT2D eigenvalue weighted by molar-refractivity contribution is 6.02. The quantitative estimate of drug-likeness (QED) is 0.658. The van der Waals surface area contributed by atoms with E-state index in [0.29, 0.717) is 5.92 Å². The van der Waals surface area contributed by atoms with Gasteiger partial charge >= 0.3 is 0 Å². The fourth-order valence-corrected chi connectivity index (χ4v) is 2.91. The van der Waals surface area contributed by atoms with E-state index in [2.05, 4.69) is 62.2 Å². The zero-order valence-electron chi connectivity index (χ0n) is 16.5. The topological polar surface area (TPSA) is 32.3 Å². The Morgan fingerprint density at radius 2 is 1.73 bits per heavy atom. The normalized spacial score (nSPS) is 11.2. The maximum absolute atomic E-state index is 12.2. The van der Waals surface area contributed by atoms with Gasteiger partial charge in [-0.1, -0.05) is 38.1 Å². The molecule has 2 aromatic carbocycles. The number of hydrogen-bond acceptors (Lipinski definition) is 2. The second kappa shape index (κ2) is 9.23. The van der Waals surface area contributed by atoms with Crippen LogP contribution in [0.2, 0.25) is 0 Å². The molecule has 0 saturated heterocycles. The third-order valence-corrected chi connectivity index (χ3v) is 4.63. The van der Waals surface area contributed by atoms with Crippen molar-refractivity contribution in [3.05, 3.63) is 65.2 Å². The van der Waals surface area contributed by atoms with Crippen LogP contribution < -0.4 is 10.2 Å². The number of amides is 1. The molecule has 0 aliphatic carbocycles. The van der Waals surface area contributed by atoms with Crippen LogP contribution in [0, 0.1) is 6.92 Å². The summed E-state index contributed by atoms with van der Waals surface area (Å²) >= 11 is 0. The molecule has 3 heteroatoms. The fourth-order valence-electron chi connectivity index (χ4n) is 2.91. The van der Waals surface area contributed by atoms with Crippen molar-refractivity contribution in [2.24, 2.45) is 0 Å². The van der Waals surface area contributed by atoms with Crippen molar-refractivity contribution in [1.29, 1.82) is 0 Å². The first-order valence-electron chi connectivity index (χ1n) is 9.39. The molecule has 0 saturated carbocycles. The molecule has 3 nitrogen and oxygen atoms in total. The van der Waals surface area contributed by atoms with Gasteiger partial charge in [-0.25, -0.2) is 0 Å². The molecule has 0 radical (unpaired) electrons. The molecular formula is C23H30N2O.